The average molecular weight is 317 g/mol. The van der Waals surface area contributed by atoms with E-state index in [2.05, 4.69) is 15.6 Å². The molecular formula is C10H13Cl3FN3O. The van der Waals surface area contributed by atoms with Crippen LogP contribution < -0.4 is 10.6 Å². The maximum atomic E-state index is 13.5. The largest absolute Gasteiger partial charge is 0.345 e. The lowest BCUT2D eigenvalue weighted by molar-refractivity contribution is 0.0888. The van der Waals surface area contributed by atoms with Crippen LogP contribution in [-0.2, 0) is 0 Å². The van der Waals surface area contributed by atoms with Crippen LogP contribution in [0.25, 0.3) is 0 Å². The van der Waals surface area contributed by atoms with E-state index >= 15 is 0 Å². The number of carbonyl (C=O) groups is 1. The topological polar surface area (TPSA) is 56.9 Å². The number of nitrogens with one attached hydrogen (secondary N) is 3. The fourth-order valence-electron chi connectivity index (χ4n) is 1.76. The lowest BCUT2D eigenvalue weighted by atomic mass is 10.0. The molecule has 102 valence electrons. The normalized spacial score (nSPS) is 23.3. The van der Waals surface area contributed by atoms with Crippen molar-refractivity contribution in [1.29, 1.82) is 0 Å². The molecule has 1 aromatic heterocycles. The summed E-state index contributed by atoms with van der Waals surface area (Å²) >= 11 is 11.4. The Labute approximate surface area is 120 Å². The Kier molecular flexibility index (Phi) is 5.72. The van der Waals surface area contributed by atoms with E-state index in [-0.39, 0.29) is 34.8 Å². The van der Waals surface area contributed by atoms with Crippen molar-refractivity contribution in [2.45, 2.75) is 18.6 Å². The molecule has 1 amide bonds. The van der Waals surface area contributed by atoms with Gasteiger partial charge in [0.1, 0.15) is 17.0 Å². The van der Waals surface area contributed by atoms with Crippen LogP contribution in [0.5, 0.6) is 0 Å². The highest BCUT2D eigenvalue weighted by Crippen LogP contribution is 2.22. The molecule has 8 heteroatoms. The van der Waals surface area contributed by atoms with Crippen LogP contribution in [-0.4, -0.2) is 36.2 Å². The molecular weight excluding hydrogens is 303 g/mol. The maximum absolute atomic E-state index is 13.5. The van der Waals surface area contributed by atoms with Crippen LogP contribution >= 0.6 is 35.6 Å². The quantitative estimate of drug-likeness (QED) is 0.783. The van der Waals surface area contributed by atoms with Crippen molar-refractivity contribution >= 4 is 41.5 Å². The van der Waals surface area contributed by atoms with Crippen LogP contribution in [0.4, 0.5) is 4.39 Å². The minimum atomic E-state index is -1.08. The summed E-state index contributed by atoms with van der Waals surface area (Å²) < 4.78 is 13.5. The van der Waals surface area contributed by atoms with E-state index in [1.165, 1.54) is 6.07 Å². The van der Waals surface area contributed by atoms with E-state index in [0.29, 0.717) is 13.0 Å². The molecule has 1 saturated heterocycles. The molecule has 0 spiro atoms. The molecule has 1 aliphatic rings. The number of alkyl halides is 1. The molecule has 0 bridgehead atoms. The molecule has 2 rings (SSSR count). The molecule has 1 aliphatic heterocycles. The molecule has 2 atom stereocenters. The second-order valence-corrected chi connectivity index (χ2v) is 4.72. The fraction of sp³-hybridized carbons (Fsp3) is 0.500. The molecule has 0 saturated carbocycles. The van der Waals surface area contributed by atoms with Gasteiger partial charge in [-0.1, -0.05) is 23.2 Å². The zero-order valence-electron chi connectivity index (χ0n) is 9.30. The standard InChI is InChI=1S/C10H12Cl2FN3O.ClH/c11-5-3-8(15-9(5)12)10(17)16-7-1-2-14-4-6(7)13;/h3,6-7,14-15H,1-2,4H2,(H,16,17);1H/t6-,7+;/m0./s1. The number of aromatic nitrogens is 1. The molecule has 4 nitrogen and oxygen atoms in total. The van der Waals surface area contributed by atoms with E-state index in [9.17, 15) is 9.18 Å². The van der Waals surface area contributed by atoms with Crippen LogP contribution in [0.3, 0.4) is 0 Å². The van der Waals surface area contributed by atoms with Gasteiger partial charge in [0.2, 0.25) is 0 Å². The number of rotatable bonds is 2. The van der Waals surface area contributed by atoms with Gasteiger partial charge in [-0.25, -0.2) is 4.39 Å². The molecule has 1 fully saturated rings. The second kappa shape index (κ2) is 6.61. The van der Waals surface area contributed by atoms with Gasteiger partial charge in [0.25, 0.3) is 5.91 Å². The summed E-state index contributed by atoms with van der Waals surface area (Å²) in [7, 11) is 0. The maximum Gasteiger partial charge on any atom is 0.268 e. The zero-order valence-corrected chi connectivity index (χ0v) is 11.6. The molecule has 3 N–H and O–H groups in total. The second-order valence-electron chi connectivity index (χ2n) is 3.93. The molecule has 0 aromatic carbocycles. The third kappa shape index (κ3) is 3.51. The Morgan fingerprint density at radius 2 is 2.22 bits per heavy atom. The minimum absolute atomic E-state index is 0. The van der Waals surface area contributed by atoms with Crippen molar-refractivity contribution in [3.8, 4) is 0 Å². The highest BCUT2D eigenvalue weighted by molar-refractivity contribution is 6.41. The Morgan fingerprint density at radius 1 is 1.50 bits per heavy atom. The summed E-state index contributed by atoms with van der Waals surface area (Å²) in [5.41, 5.74) is 0.241. The Bertz CT molecular complexity index is 407. The SMILES string of the molecule is Cl.O=C(N[C@@H]1CCNC[C@@H]1F)c1cc(Cl)c(Cl)[nH]1. The highest BCUT2D eigenvalue weighted by Gasteiger charge is 2.26. The first-order valence-electron chi connectivity index (χ1n) is 5.27. The number of hydrogen-bond acceptors (Lipinski definition) is 2. The molecule has 2 heterocycles. The van der Waals surface area contributed by atoms with E-state index in [4.69, 9.17) is 23.2 Å². The third-order valence-corrected chi connectivity index (χ3v) is 3.39. The van der Waals surface area contributed by atoms with Gasteiger partial charge in [-0.15, -0.1) is 12.4 Å². The zero-order chi connectivity index (χ0) is 12.4. The van der Waals surface area contributed by atoms with E-state index in [1.807, 2.05) is 0 Å². The molecule has 18 heavy (non-hydrogen) atoms. The summed E-state index contributed by atoms with van der Waals surface area (Å²) in [6.07, 6.45) is -0.511. The molecule has 1 aromatic rings. The van der Waals surface area contributed by atoms with Gasteiger partial charge in [0.15, 0.2) is 0 Å². The molecule has 0 radical (unpaired) electrons. The van der Waals surface area contributed by atoms with Crippen molar-refractivity contribution in [2.24, 2.45) is 0 Å². The number of halogens is 4. The van der Waals surface area contributed by atoms with Crippen LogP contribution in [0.15, 0.2) is 6.07 Å². The first-order valence-corrected chi connectivity index (χ1v) is 6.03. The highest BCUT2D eigenvalue weighted by atomic mass is 35.5. The monoisotopic (exact) mass is 315 g/mol. The average Bonchev–Trinajstić information content (AvgIpc) is 2.63. The van der Waals surface area contributed by atoms with Crippen molar-refractivity contribution in [3.05, 3.63) is 21.9 Å². The predicted octanol–water partition coefficient (Wildman–Crippen LogP) is 2.17. The Balaban J connectivity index is 0.00000162. The lowest BCUT2D eigenvalue weighted by Crippen LogP contribution is -2.50. The summed E-state index contributed by atoms with van der Waals surface area (Å²) in [5.74, 6) is -0.395. The van der Waals surface area contributed by atoms with Crippen molar-refractivity contribution < 1.29 is 9.18 Å². The molecule has 0 aliphatic carbocycles. The number of aromatic amines is 1. The summed E-state index contributed by atoms with van der Waals surface area (Å²) in [4.78, 5) is 14.4. The van der Waals surface area contributed by atoms with Crippen molar-refractivity contribution in [3.63, 3.8) is 0 Å². The van der Waals surface area contributed by atoms with Gasteiger partial charge in [0, 0.05) is 6.54 Å². The van der Waals surface area contributed by atoms with E-state index in [0.717, 1.165) is 0 Å². The van der Waals surface area contributed by atoms with E-state index < -0.39 is 18.1 Å². The smallest absolute Gasteiger partial charge is 0.268 e. The summed E-state index contributed by atoms with van der Waals surface area (Å²) in [6.45, 7) is 0.953. The number of amides is 1. The van der Waals surface area contributed by atoms with Gasteiger partial charge in [-0.3, -0.25) is 4.79 Å². The van der Waals surface area contributed by atoms with Gasteiger partial charge in [-0.05, 0) is 19.0 Å². The predicted molar refractivity (Wildman–Crippen MR) is 71.7 cm³/mol. The first-order chi connectivity index (χ1) is 8.08. The number of H-pyrrole nitrogens is 1. The molecule has 0 unspecified atom stereocenters. The van der Waals surface area contributed by atoms with Crippen LogP contribution in [0.1, 0.15) is 16.9 Å². The summed E-state index contributed by atoms with van der Waals surface area (Å²) in [5, 5.41) is 6.02. The number of hydrogen-bond donors (Lipinski definition) is 3. The van der Waals surface area contributed by atoms with Gasteiger partial charge in [0.05, 0.1) is 11.1 Å². The van der Waals surface area contributed by atoms with Gasteiger partial charge < -0.3 is 15.6 Å². The van der Waals surface area contributed by atoms with Crippen LogP contribution in [0, 0.1) is 0 Å². The third-order valence-electron chi connectivity index (χ3n) is 2.69. The van der Waals surface area contributed by atoms with Crippen molar-refractivity contribution in [2.75, 3.05) is 13.1 Å². The Hall–Kier alpha value is -0.490. The first kappa shape index (κ1) is 15.6. The van der Waals surface area contributed by atoms with E-state index in [1.54, 1.807) is 0 Å². The minimum Gasteiger partial charge on any atom is -0.345 e. The van der Waals surface area contributed by atoms with Gasteiger partial charge >= 0.3 is 0 Å². The van der Waals surface area contributed by atoms with Crippen molar-refractivity contribution in [1.82, 2.24) is 15.6 Å². The fourth-order valence-corrected chi connectivity index (χ4v) is 2.07. The number of piperidine rings is 1. The number of carbonyl (C=O) groups excluding carboxylic acids is 1. The van der Waals surface area contributed by atoms with Gasteiger partial charge in [-0.2, -0.15) is 0 Å². The summed E-state index contributed by atoms with van der Waals surface area (Å²) in [6, 6.07) is 0.956. The van der Waals surface area contributed by atoms with Crippen LogP contribution in [0.2, 0.25) is 10.2 Å². The Morgan fingerprint density at radius 3 is 2.78 bits per heavy atom. The lowest BCUT2D eigenvalue weighted by Gasteiger charge is -2.27.